The van der Waals surface area contributed by atoms with Gasteiger partial charge in [0.2, 0.25) is 0 Å². The minimum absolute atomic E-state index is 0.820. The van der Waals surface area contributed by atoms with Crippen molar-refractivity contribution in [2.75, 3.05) is 9.80 Å². The largest absolute Gasteiger partial charge is 0.455 e. The number of anilines is 6. The van der Waals surface area contributed by atoms with Crippen molar-refractivity contribution in [3.8, 4) is 0 Å². The zero-order valence-corrected chi connectivity index (χ0v) is 40.3. The summed E-state index contributed by atoms with van der Waals surface area (Å²) in [6.07, 6.45) is 0. The Kier molecular flexibility index (Phi) is 9.50. The lowest BCUT2D eigenvalue weighted by Gasteiger charge is -2.28. The van der Waals surface area contributed by atoms with Crippen LogP contribution in [-0.4, -0.2) is 0 Å². The summed E-state index contributed by atoms with van der Waals surface area (Å²) >= 11 is 0. The summed E-state index contributed by atoms with van der Waals surface area (Å²) in [5.41, 5.74) is 25.9. The van der Waals surface area contributed by atoms with E-state index in [-0.39, 0.29) is 0 Å². The van der Waals surface area contributed by atoms with Gasteiger partial charge in [0.1, 0.15) is 22.3 Å². The van der Waals surface area contributed by atoms with Crippen molar-refractivity contribution in [1.29, 1.82) is 0 Å². The number of hydrogen-bond acceptors (Lipinski definition) is 4. The molecule has 0 aliphatic carbocycles. The molecule has 9 aromatic carbocycles. The van der Waals surface area contributed by atoms with E-state index in [1.807, 2.05) is 0 Å². The second-order valence-electron chi connectivity index (χ2n) is 19.2. The van der Waals surface area contributed by atoms with Crippen LogP contribution >= 0.6 is 0 Å². The molecule has 66 heavy (non-hydrogen) atoms. The molecule has 0 fully saturated rings. The molecular formula is C62H56N2O2. The Morgan fingerprint density at radius 1 is 0.273 bits per heavy atom. The molecule has 0 bridgehead atoms. The first-order chi connectivity index (χ1) is 31.6. The summed E-state index contributed by atoms with van der Waals surface area (Å²) in [5, 5.41) is 8.65. The third-order valence-corrected chi connectivity index (χ3v) is 15.2. The van der Waals surface area contributed by atoms with E-state index in [9.17, 15) is 0 Å². The summed E-state index contributed by atoms with van der Waals surface area (Å²) in [4.78, 5) is 4.81. The first-order valence-corrected chi connectivity index (χ1v) is 23.2. The fourth-order valence-electron chi connectivity index (χ4n) is 10.4. The number of aryl methyl sites for hydroxylation is 8. The molecule has 0 aliphatic rings. The molecular weight excluding hydrogens is 805 g/mol. The number of rotatable bonds is 6. The van der Waals surface area contributed by atoms with E-state index in [2.05, 4.69) is 214 Å². The molecule has 2 heterocycles. The highest BCUT2D eigenvalue weighted by Gasteiger charge is 2.23. The van der Waals surface area contributed by atoms with Crippen LogP contribution in [0.2, 0.25) is 0 Å². The predicted molar refractivity (Wildman–Crippen MR) is 282 cm³/mol. The smallest absolute Gasteiger partial charge is 0.147 e. The highest BCUT2D eigenvalue weighted by atomic mass is 16.3. The molecule has 0 amide bonds. The molecule has 4 heteroatoms. The SMILES string of the molecule is Cc1cc(N(c2cc(C)c(C)c(C)c2)c2ccc3c(ccc4c5ccc6oc7c8ccc(N(c9cc(C)c(C)c(C)c9)c9cc(C)c(C)c(C)c9)cc8ccc7c6c5oc34)c2)cc(C)c1C. The Balaban J connectivity index is 1.05. The van der Waals surface area contributed by atoms with Gasteiger partial charge in [-0.15, -0.1) is 0 Å². The van der Waals surface area contributed by atoms with Gasteiger partial charge in [-0.1, -0.05) is 12.1 Å². The molecule has 326 valence electrons. The molecule has 0 N–H and O–H groups in total. The van der Waals surface area contributed by atoms with Crippen LogP contribution in [0.15, 0.2) is 130 Å². The van der Waals surface area contributed by atoms with Crippen molar-refractivity contribution < 1.29 is 8.83 Å². The van der Waals surface area contributed by atoms with Crippen molar-refractivity contribution in [3.05, 3.63) is 188 Å². The number of benzene rings is 9. The molecule has 0 unspecified atom stereocenters. The number of furan rings is 2. The molecule has 0 atom stereocenters. The van der Waals surface area contributed by atoms with Crippen molar-refractivity contribution >= 4 is 99.5 Å². The zero-order valence-electron chi connectivity index (χ0n) is 40.3. The lowest BCUT2D eigenvalue weighted by atomic mass is 9.99. The van der Waals surface area contributed by atoms with E-state index < -0.39 is 0 Å². The zero-order chi connectivity index (χ0) is 46.0. The van der Waals surface area contributed by atoms with Gasteiger partial charge < -0.3 is 18.6 Å². The molecule has 0 radical (unpaired) electrons. The van der Waals surface area contributed by atoms with E-state index in [1.165, 1.54) is 66.8 Å². The van der Waals surface area contributed by atoms with Crippen molar-refractivity contribution in [2.24, 2.45) is 0 Å². The van der Waals surface area contributed by atoms with E-state index in [1.54, 1.807) is 0 Å². The van der Waals surface area contributed by atoms with Crippen LogP contribution in [-0.2, 0) is 0 Å². The molecule has 0 spiro atoms. The number of fused-ring (bicyclic) bond motifs is 11. The standard InChI is InChI=1S/C62H56N2O2/c1-33-23-49(24-34(2)41(33)9)63(50-25-35(3)42(10)36(4)26-50)47-15-19-53-45(31-47)13-17-55-56-21-22-58-59(62(56)66-60(53)55)57-18-14-46-32-48(16-20-54(46)61(57)65-58)64(51-27-37(5)43(11)38(6)28-51)52-29-39(7)44(12)40(8)30-52/h13-32H,1-12H3. The van der Waals surface area contributed by atoms with Gasteiger partial charge in [-0.05, 0) is 270 Å². The van der Waals surface area contributed by atoms with Crippen molar-refractivity contribution in [1.82, 2.24) is 0 Å². The maximum absolute atomic E-state index is 7.04. The van der Waals surface area contributed by atoms with Gasteiger partial charge in [0.15, 0.2) is 0 Å². The van der Waals surface area contributed by atoms with Gasteiger partial charge >= 0.3 is 0 Å². The lowest BCUT2D eigenvalue weighted by molar-refractivity contribution is 0.666. The summed E-state index contributed by atoms with van der Waals surface area (Å²) in [5.74, 6) is 0. The van der Waals surface area contributed by atoms with Crippen molar-refractivity contribution in [3.63, 3.8) is 0 Å². The second-order valence-corrected chi connectivity index (χ2v) is 19.2. The maximum Gasteiger partial charge on any atom is 0.147 e. The van der Waals surface area contributed by atoms with Crippen LogP contribution in [0.3, 0.4) is 0 Å². The van der Waals surface area contributed by atoms with Gasteiger partial charge in [0.25, 0.3) is 0 Å². The number of hydrogen-bond donors (Lipinski definition) is 0. The molecule has 11 aromatic rings. The third-order valence-electron chi connectivity index (χ3n) is 15.2. The first-order valence-electron chi connectivity index (χ1n) is 23.2. The van der Waals surface area contributed by atoms with Crippen molar-refractivity contribution in [2.45, 2.75) is 83.1 Å². The van der Waals surface area contributed by atoms with Gasteiger partial charge in [-0.2, -0.15) is 0 Å². The van der Waals surface area contributed by atoms with Crippen LogP contribution in [0.4, 0.5) is 34.1 Å². The Labute approximate surface area is 387 Å². The van der Waals surface area contributed by atoms with Crippen LogP contribution in [0.25, 0.3) is 65.4 Å². The highest BCUT2D eigenvalue weighted by Crippen LogP contribution is 2.46. The molecule has 0 saturated carbocycles. The normalized spacial score (nSPS) is 11.9. The minimum atomic E-state index is 0.820. The fourth-order valence-corrected chi connectivity index (χ4v) is 10.4. The maximum atomic E-state index is 7.04. The molecule has 2 aromatic heterocycles. The minimum Gasteiger partial charge on any atom is -0.455 e. The van der Waals surface area contributed by atoms with E-state index in [0.717, 1.165) is 99.5 Å². The molecule has 4 nitrogen and oxygen atoms in total. The Hall–Kier alpha value is -7.30. The van der Waals surface area contributed by atoms with Crippen LogP contribution < -0.4 is 9.80 Å². The quantitative estimate of drug-likeness (QED) is 0.167. The molecule has 0 saturated heterocycles. The van der Waals surface area contributed by atoms with Gasteiger partial charge in [-0.3, -0.25) is 0 Å². The van der Waals surface area contributed by atoms with Gasteiger partial charge in [0, 0.05) is 61.1 Å². The second kappa shape index (κ2) is 15.1. The number of nitrogens with zero attached hydrogens (tertiary/aromatic N) is 2. The average Bonchev–Trinajstić information content (AvgIpc) is 3.87. The average molecular weight is 861 g/mol. The topological polar surface area (TPSA) is 32.8 Å². The van der Waals surface area contributed by atoms with Gasteiger partial charge in [-0.25, -0.2) is 0 Å². The Morgan fingerprint density at radius 3 is 0.985 bits per heavy atom. The first kappa shape index (κ1) is 41.4. The molecule has 11 rings (SSSR count). The molecule has 0 aliphatic heterocycles. The fraction of sp³-hybridized carbons (Fsp3) is 0.194. The van der Waals surface area contributed by atoms with E-state index >= 15 is 0 Å². The highest BCUT2D eigenvalue weighted by molar-refractivity contribution is 6.27. The Bertz CT molecular complexity index is 3650. The Morgan fingerprint density at radius 2 is 0.591 bits per heavy atom. The summed E-state index contributed by atoms with van der Waals surface area (Å²) in [6.45, 7) is 26.5. The summed E-state index contributed by atoms with van der Waals surface area (Å²) < 4.78 is 13.9. The predicted octanol–water partition coefficient (Wildman–Crippen LogP) is 18.4. The van der Waals surface area contributed by atoms with E-state index in [0.29, 0.717) is 0 Å². The third kappa shape index (κ3) is 6.41. The lowest BCUT2D eigenvalue weighted by Crippen LogP contribution is -2.12. The summed E-state index contributed by atoms with van der Waals surface area (Å²) in [6, 6.07) is 45.3. The summed E-state index contributed by atoms with van der Waals surface area (Å²) in [7, 11) is 0. The van der Waals surface area contributed by atoms with Crippen LogP contribution in [0.1, 0.15) is 66.8 Å². The van der Waals surface area contributed by atoms with E-state index in [4.69, 9.17) is 8.83 Å². The van der Waals surface area contributed by atoms with Gasteiger partial charge in [0.05, 0.1) is 5.39 Å². The van der Waals surface area contributed by atoms with Crippen LogP contribution in [0.5, 0.6) is 0 Å². The van der Waals surface area contributed by atoms with Crippen LogP contribution in [0, 0.1) is 83.1 Å². The monoisotopic (exact) mass is 860 g/mol.